The maximum absolute atomic E-state index is 14.1. The lowest BCUT2D eigenvalue weighted by atomic mass is 10.1. The van der Waals surface area contributed by atoms with Crippen molar-refractivity contribution in [1.82, 2.24) is 9.97 Å². The summed E-state index contributed by atoms with van der Waals surface area (Å²) < 4.78 is 84.7. The van der Waals surface area contributed by atoms with Gasteiger partial charge in [0.2, 0.25) is 0 Å². The van der Waals surface area contributed by atoms with E-state index in [1.54, 1.807) is 36.4 Å². The third-order valence-corrected chi connectivity index (χ3v) is 10.1. The van der Waals surface area contributed by atoms with E-state index >= 15 is 0 Å². The average Bonchev–Trinajstić information content (AvgIpc) is 3.20. The number of rotatable bonds is 14. The molecular weight excluding hydrogens is 811 g/mol. The zero-order valence-corrected chi connectivity index (χ0v) is 31.5. The van der Waals surface area contributed by atoms with Crippen molar-refractivity contribution in [3.05, 3.63) is 131 Å². The fraction of sp³-hybridized carbons (Fsp3) is 0.158. The summed E-state index contributed by atoms with van der Waals surface area (Å²) in [6.45, 7) is 0.156. The highest BCUT2D eigenvalue weighted by Crippen LogP contribution is 2.43. The number of nitrogens with zero attached hydrogens (tertiary/aromatic N) is 2. The van der Waals surface area contributed by atoms with Gasteiger partial charge in [-0.25, -0.2) is 9.97 Å². The minimum absolute atomic E-state index is 0.0327. The van der Waals surface area contributed by atoms with E-state index in [0.29, 0.717) is 12.1 Å². The second-order valence-electron chi connectivity index (χ2n) is 11.9. The summed E-state index contributed by atoms with van der Waals surface area (Å²) in [5.41, 5.74) is 6.88. The van der Waals surface area contributed by atoms with Gasteiger partial charge in [-0.1, -0.05) is 36.4 Å². The van der Waals surface area contributed by atoms with E-state index in [0.717, 1.165) is 48.1 Å². The van der Waals surface area contributed by atoms with Crippen molar-refractivity contribution in [3.63, 3.8) is 0 Å². The van der Waals surface area contributed by atoms with Crippen LogP contribution in [0.5, 0.6) is 0 Å². The van der Waals surface area contributed by atoms with Crippen LogP contribution in [0.1, 0.15) is 52.8 Å². The number of carbonyl (C=O) groups excluding carboxylic acids is 4. The Bertz CT molecular complexity index is 2140. The molecule has 0 unspecified atom stereocenters. The molecule has 1 heterocycles. The Kier molecular flexibility index (Phi) is 14.1. The van der Waals surface area contributed by atoms with Crippen LogP contribution in [0.4, 0.5) is 49.1 Å². The normalized spacial score (nSPS) is 11.4. The molecule has 302 valence electrons. The van der Waals surface area contributed by atoms with Crippen LogP contribution in [0, 0.1) is 0 Å². The van der Waals surface area contributed by atoms with Crippen molar-refractivity contribution < 1.29 is 45.5 Å². The van der Waals surface area contributed by atoms with E-state index < -0.39 is 58.5 Å². The van der Waals surface area contributed by atoms with Gasteiger partial charge in [-0.05, 0) is 48.5 Å². The highest BCUT2D eigenvalue weighted by atomic mass is 32.2. The van der Waals surface area contributed by atoms with E-state index in [1.807, 2.05) is 0 Å². The van der Waals surface area contributed by atoms with Crippen molar-refractivity contribution in [3.8, 4) is 0 Å². The van der Waals surface area contributed by atoms with Crippen molar-refractivity contribution >= 4 is 69.9 Å². The Hall–Kier alpha value is -5.96. The third-order valence-electron chi connectivity index (χ3n) is 7.76. The summed E-state index contributed by atoms with van der Waals surface area (Å²) in [7, 11) is 0. The molecule has 0 bridgehead atoms. The minimum Gasteiger partial charge on any atom is -0.330 e. The lowest BCUT2D eigenvalue weighted by Gasteiger charge is -2.19. The van der Waals surface area contributed by atoms with Crippen LogP contribution in [0.15, 0.2) is 107 Å². The summed E-state index contributed by atoms with van der Waals surface area (Å²) >= 11 is 1.91. The Morgan fingerprint density at radius 3 is 1.16 bits per heavy atom. The molecule has 4 amide bonds. The van der Waals surface area contributed by atoms with Gasteiger partial charge in [-0.3, -0.25) is 19.2 Å². The van der Waals surface area contributed by atoms with E-state index in [9.17, 15) is 45.5 Å². The number of anilines is 4. The first-order valence-electron chi connectivity index (χ1n) is 16.9. The minimum atomic E-state index is -4.92. The van der Waals surface area contributed by atoms with Crippen LogP contribution >= 0.6 is 23.5 Å². The van der Waals surface area contributed by atoms with Gasteiger partial charge in [-0.15, -0.1) is 23.5 Å². The van der Waals surface area contributed by atoms with E-state index in [1.165, 1.54) is 24.3 Å². The van der Waals surface area contributed by atoms with Gasteiger partial charge in [0.1, 0.15) is 17.7 Å². The predicted molar refractivity (Wildman–Crippen MR) is 209 cm³/mol. The number of carbonyl (C=O) groups is 4. The molecule has 0 radical (unpaired) electrons. The van der Waals surface area contributed by atoms with E-state index in [4.69, 9.17) is 11.5 Å². The molecule has 0 aliphatic heterocycles. The van der Waals surface area contributed by atoms with Crippen LogP contribution in [-0.2, 0) is 12.4 Å². The highest BCUT2D eigenvalue weighted by Gasteiger charge is 2.34. The van der Waals surface area contributed by atoms with Gasteiger partial charge in [0, 0.05) is 41.8 Å². The molecule has 1 aromatic heterocycles. The summed E-state index contributed by atoms with van der Waals surface area (Å²) in [5, 5.41) is 9.66. The number of hydrogen-bond acceptors (Lipinski definition) is 10. The topological polar surface area (TPSA) is 194 Å². The number of amides is 4. The van der Waals surface area contributed by atoms with Crippen molar-refractivity contribution in [1.29, 1.82) is 0 Å². The Morgan fingerprint density at radius 2 is 0.845 bits per heavy atom. The van der Waals surface area contributed by atoms with Crippen LogP contribution in [0.25, 0.3) is 0 Å². The molecule has 4 aromatic carbocycles. The van der Waals surface area contributed by atoms with Crippen LogP contribution in [0.2, 0.25) is 0 Å². The standard InChI is InChI=1S/C38H32F6N8O4S2/c39-37(40,41)23-15-25(49-33(53)21-7-3-1-4-8-21)31(57-13-11-45)27(17-23)51-35(55)29-19-30(48-20-47-29)36(56)52-28-18-24(38(42,43)44)16-26(32(28)58-14-12-46)50-34(54)22-9-5-2-6-10-22/h1-10,15-20H,11-14,45-46H2,(H,49,53)(H,50,54)(H,51,55)(H,52,56). The largest absolute Gasteiger partial charge is 0.416 e. The molecule has 12 nitrogen and oxygen atoms in total. The Labute approximate surface area is 335 Å². The number of alkyl halides is 6. The number of nitrogens with one attached hydrogen (secondary N) is 4. The van der Waals surface area contributed by atoms with Crippen LogP contribution in [-0.4, -0.2) is 58.2 Å². The third kappa shape index (κ3) is 11.1. The van der Waals surface area contributed by atoms with Crippen LogP contribution in [0.3, 0.4) is 0 Å². The second-order valence-corrected chi connectivity index (χ2v) is 14.1. The number of nitrogens with two attached hydrogens (primary N) is 2. The monoisotopic (exact) mass is 842 g/mol. The zero-order valence-electron chi connectivity index (χ0n) is 29.8. The zero-order chi connectivity index (χ0) is 42.0. The van der Waals surface area contributed by atoms with E-state index in [-0.39, 0.29) is 68.3 Å². The maximum atomic E-state index is 14.1. The number of halogens is 6. The van der Waals surface area contributed by atoms with Gasteiger partial charge in [-0.2, -0.15) is 26.3 Å². The Morgan fingerprint density at radius 1 is 0.517 bits per heavy atom. The highest BCUT2D eigenvalue weighted by molar-refractivity contribution is 7.99. The molecule has 0 spiro atoms. The van der Waals surface area contributed by atoms with Crippen molar-refractivity contribution in [2.45, 2.75) is 22.1 Å². The van der Waals surface area contributed by atoms with Crippen LogP contribution < -0.4 is 32.7 Å². The summed E-state index contributed by atoms with van der Waals surface area (Å²) in [4.78, 5) is 60.9. The molecule has 20 heteroatoms. The molecular formula is C38H32F6N8O4S2. The number of aromatic nitrogens is 2. The molecule has 0 aliphatic carbocycles. The summed E-state index contributed by atoms with van der Waals surface area (Å²) in [6.07, 6.45) is -9.04. The molecule has 0 atom stereocenters. The smallest absolute Gasteiger partial charge is 0.330 e. The fourth-order valence-corrected chi connectivity index (χ4v) is 6.84. The van der Waals surface area contributed by atoms with Gasteiger partial charge in [0.25, 0.3) is 23.6 Å². The van der Waals surface area contributed by atoms with E-state index in [2.05, 4.69) is 31.2 Å². The molecule has 5 aromatic rings. The Balaban J connectivity index is 1.48. The first kappa shape index (κ1) is 43.2. The lowest BCUT2D eigenvalue weighted by Crippen LogP contribution is -2.21. The predicted octanol–water partition coefficient (Wildman–Crippen LogP) is 7.63. The number of thioether (sulfide) groups is 2. The maximum Gasteiger partial charge on any atom is 0.416 e. The molecule has 0 aliphatic rings. The molecule has 58 heavy (non-hydrogen) atoms. The first-order chi connectivity index (χ1) is 27.6. The molecule has 0 saturated heterocycles. The fourth-order valence-electron chi connectivity index (χ4n) is 5.14. The molecule has 5 rings (SSSR count). The van der Waals surface area contributed by atoms with Gasteiger partial charge in [0.15, 0.2) is 0 Å². The van der Waals surface area contributed by atoms with Crippen molar-refractivity contribution in [2.75, 3.05) is 45.9 Å². The quantitative estimate of drug-likeness (QED) is 0.0478. The molecule has 0 fully saturated rings. The van der Waals surface area contributed by atoms with Crippen molar-refractivity contribution in [2.24, 2.45) is 11.5 Å². The molecule has 0 saturated carbocycles. The first-order valence-corrected chi connectivity index (χ1v) is 18.9. The molecule has 8 N–H and O–H groups in total. The SMILES string of the molecule is NCCSc1c(NC(=O)c2ccccc2)cc(C(F)(F)F)cc1NC(=O)c1cc(C(=O)Nc2cc(C(F)(F)F)cc(NC(=O)c3ccccc3)c2SCCN)ncn1. The summed E-state index contributed by atoms with van der Waals surface area (Å²) in [6, 6.07) is 19.0. The lowest BCUT2D eigenvalue weighted by molar-refractivity contribution is -0.138. The number of hydrogen-bond donors (Lipinski definition) is 6. The average molecular weight is 843 g/mol. The number of benzene rings is 4. The summed E-state index contributed by atoms with van der Waals surface area (Å²) in [5.74, 6) is -3.33. The van der Waals surface area contributed by atoms with Gasteiger partial charge < -0.3 is 32.7 Å². The van der Waals surface area contributed by atoms with Gasteiger partial charge in [0.05, 0.1) is 43.7 Å². The second kappa shape index (κ2) is 19.0. The van der Waals surface area contributed by atoms with Gasteiger partial charge >= 0.3 is 12.4 Å².